The van der Waals surface area contributed by atoms with E-state index in [1.54, 1.807) is 0 Å². The number of aliphatic hydroxyl groups is 3. The summed E-state index contributed by atoms with van der Waals surface area (Å²) in [5.74, 6) is -6.50. The van der Waals surface area contributed by atoms with Gasteiger partial charge >= 0.3 is 17.9 Å². The molecule has 0 spiro atoms. The lowest BCUT2D eigenvalue weighted by Crippen LogP contribution is -2.59. The Kier molecular flexibility index (Phi) is 7.76. The minimum atomic E-state index is -1.94. The van der Waals surface area contributed by atoms with Crippen molar-refractivity contribution < 1.29 is 78.9 Å². The number of allylic oxidation sites excluding steroid dienone is 2. The zero-order chi connectivity index (χ0) is 31.2. The van der Waals surface area contributed by atoms with Gasteiger partial charge in [-0.3, -0.25) is 9.59 Å². The molecule has 228 valence electrons. The molecule has 43 heavy (non-hydrogen) atoms. The topological polar surface area (TPSA) is 259 Å². The number of carboxylic acid groups (broad SMARTS) is 2. The smallest absolute Gasteiger partial charge is 0.371 e. The highest BCUT2D eigenvalue weighted by molar-refractivity contribution is 5.95. The Labute approximate surface area is 240 Å². The highest BCUT2D eigenvalue weighted by Crippen LogP contribution is 2.52. The van der Waals surface area contributed by atoms with Crippen LogP contribution in [0.4, 0.5) is 0 Å². The van der Waals surface area contributed by atoms with Crippen LogP contribution in [0, 0.1) is 0 Å². The molecule has 3 aliphatic heterocycles. The fourth-order valence-electron chi connectivity index (χ4n) is 4.66. The molecule has 5 rings (SSSR count). The van der Waals surface area contributed by atoms with Crippen molar-refractivity contribution in [3.63, 3.8) is 0 Å². The minimum Gasteiger partial charge on any atom is -0.508 e. The second-order valence-electron chi connectivity index (χ2n) is 9.64. The van der Waals surface area contributed by atoms with Crippen molar-refractivity contribution in [2.75, 3.05) is 6.61 Å². The SMILES string of the molecule is O=C(O)CC(=O)OCC1OC(OC2=C3C=C(C(=O)O)Oc4cc(O)cc(c43)OC2c2ccc(O)c(O)c2)C(O)C(O)C1O. The number of aromatic hydroxyl groups is 3. The molecule has 3 aliphatic rings. The molecular formula is C27H24O16. The predicted molar refractivity (Wildman–Crippen MR) is 135 cm³/mol. The number of aliphatic carboxylic acids is 2. The van der Waals surface area contributed by atoms with Crippen LogP contribution in [-0.4, -0.2) is 96.1 Å². The Morgan fingerprint density at radius 1 is 0.884 bits per heavy atom. The Hall–Kier alpha value is -5.03. The third-order valence-electron chi connectivity index (χ3n) is 6.69. The molecule has 0 saturated carbocycles. The predicted octanol–water partition coefficient (Wildman–Crippen LogP) is -0.149. The van der Waals surface area contributed by atoms with Crippen LogP contribution in [0.5, 0.6) is 28.7 Å². The molecule has 16 nitrogen and oxygen atoms in total. The molecule has 8 N–H and O–H groups in total. The number of carbonyl (C=O) groups excluding carboxylic acids is 1. The van der Waals surface area contributed by atoms with E-state index < -0.39 is 85.0 Å². The van der Waals surface area contributed by atoms with Crippen molar-refractivity contribution in [1.29, 1.82) is 0 Å². The monoisotopic (exact) mass is 604 g/mol. The van der Waals surface area contributed by atoms with E-state index in [1.807, 2.05) is 0 Å². The van der Waals surface area contributed by atoms with Gasteiger partial charge in [-0.25, -0.2) is 4.79 Å². The van der Waals surface area contributed by atoms with E-state index in [2.05, 4.69) is 0 Å². The number of carboxylic acids is 2. The summed E-state index contributed by atoms with van der Waals surface area (Å²) in [6.45, 7) is -0.738. The summed E-state index contributed by atoms with van der Waals surface area (Å²) in [4.78, 5) is 34.4. The van der Waals surface area contributed by atoms with Gasteiger partial charge in [-0.1, -0.05) is 6.07 Å². The number of aliphatic hydroxyl groups excluding tert-OH is 3. The van der Waals surface area contributed by atoms with Crippen LogP contribution in [0.15, 0.2) is 47.9 Å². The van der Waals surface area contributed by atoms with Gasteiger partial charge < -0.3 is 64.5 Å². The molecule has 0 amide bonds. The van der Waals surface area contributed by atoms with Gasteiger partial charge in [0.1, 0.15) is 54.7 Å². The van der Waals surface area contributed by atoms with Gasteiger partial charge in [0.25, 0.3) is 0 Å². The van der Waals surface area contributed by atoms with Crippen molar-refractivity contribution in [2.45, 2.75) is 43.2 Å². The molecule has 1 saturated heterocycles. The van der Waals surface area contributed by atoms with Crippen molar-refractivity contribution in [1.82, 2.24) is 0 Å². The van der Waals surface area contributed by atoms with E-state index >= 15 is 0 Å². The minimum absolute atomic E-state index is 0.000564. The maximum absolute atomic E-state index is 11.9. The summed E-state index contributed by atoms with van der Waals surface area (Å²) in [6.07, 6.45) is -10.3. The lowest BCUT2D eigenvalue weighted by Gasteiger charge is -2.42. The Bertz CT molecular complexity index is 1540. The zero-order valence-corrected chi connectivity index (χ0v) is 21.7. The summed E-state index contributed by atoms with van der Waals surface area (Å²) in [7, 11) is 0. The first-order valence-corrected chi connectivity index (χ1v) is 12.5. The van der Waals surface area contributed by atoms with Gasteiger partial charge in [0.2, 0.25) is 12.0 Å². The maximum Gasteiger partial charge on any atom is 0.371 e. The Balaban J connectivity index is 1.58. The molecule has 0 aliphatic carbocycles. The number of hydrogen-bond acceptors (Lipinski definition) is 14. The van der Waals surface area contributed by atoms with Crippen LogP contribution in [0.25, 0.3) is 5.57 Å². The Morgan fingerprint density at radius 3 is 2.28 bits per heavy atom. The van der Waals surface area contributed by atoms with Gasteiger partial charge in [0.05, 0.1) is 5.56 Å². The summed E-state index contributed by atoms with van der Waals surface area (Å²) in [5, 5.41) is 80.3. The van der Waals surface area contributed by atoms with Crippen molar-refractivity contribution >= 4 is 23.5 Å². The zero-order valence-electron chi connectivity index (χ0n) is 21.7. The van der Waals surface area contributed by atoms with Gasteiger partial charge in [0.15, 0.2) is 23.4 Å². The van der Waals surface area contributed by atoms with Gasteiger partial charge in [0, 0.05) is 29.3 Å². The average molecular weight is 604 g/mol. The van der Waals surface area contributed by atoms with Crippen molar-refractivity contribution in [3.05, 3.63) is 59.1 Å². The molecule has 6 unspecified atom stereocenters. The molecule has 0 aromatic heterocycles. The second-order valence-corrected chi connectivity index (χ2v) is 9.64. The van der Waals surface area contributed by atoms with Crippen LogP contribution >= 0.6 is 0 Å². The van der Waals surface area contributed by atoms with Crippen molar-refractivity contribution in [3.8, 4) is 28.7 Å². The highest BCUT2D eigenvalue weighted by Gasteiger charge is 2.47. The lowest BCUT2D eigenvalue weighted by atomic mass is 9.92. The normalized spacial score (nSPS) is 25.9. The highest BCUT2D eigenvalue weighted by atomic mass is 16.7. The second kappa shape index (κ2) is 11.3. The molecule has 2 aromatic rings. The number of esters is 1. The first-order valence-electron chi connectivity index (χ1n) is 12.5. The number of hydrogen-bond donors (Lipinski definition) is 8. The van der Waals surface area contributed by atoms with Crippen LogP contribution < -0.4 is 9.47 Å². The van der Waals surface area contributed by atoms with E-state index in [9.17, 15) is 50.1 Å². The number of rotatable bonds is 8. The van der Waals surface area contributed by atoms with Gasteiger partial charge in [-0.05, 0) is 12.1 Å². The van der Waals surface area contributed by atoms with Crippen LogP contribution in [0.1, 0.15) is 23.7 Å². The van der Waals surface area contributed by atoms with E-state index in [1.165, 1.54) is 12.1 Å². The molecule has 2 aromatic carbocycles. The van der Waals surface area contributed by atoms with Crippen LogP contribution in [0.2, 0.25) is 0 Å². The number of benzene rings is 2. The molecule has 0 bridgehead atoms. The fourth-order valence-corrected chi connectivity index (χ4v) is 4.66. The third kappa shape index (κ3) is 5.71. The van der Waals surface area contributed by atoms with E-state index in [0.717, 1.165) is 24.3 Å². The largest absolute Gasteiger partial charge is 0.508 e. The van der Waals surface area contributed by atoms with Gasteiger partial charge in [-0.15, -0.1) is 0 Å². The summed E-state index contributed by atoms with van der Waals surface area (Å²) in [5.41, 5.74) is 0.274. The maximum atomic E-state index is 11.9. The average Bonchev–Trinajstić information content (AvgIpc) is 2.94. The summed E-state index contributed by atoms with van der Waals surface area (Å²) >= 11 is 0. The molecule has 3 heterocycles. The molecule has 6 atom stereocenters. The van der Waals surface area contributed by atoms with E-state index in [4.69, 9.17) is 28.8 Å². The first kappa shape index (κ1) is 29.5. The number of phenolic OH excluding ortho intramolecular Hbond substituents is 3. The quantitative estimate of drug-likeness (QED) is 0.111. The van der Waals surface area contributed by atoms with E-state index in [0.29, 0.717) is 0 Å². The molecule has 1 fully saturated rings. The molecule has 16 heteroatoms. The van der Waals surface area contributed by atoms with Crippen LogP contribution in [0.3, 0.4) is 0 Å². The number of carbonyl (C=O) groups is 3. The third-order valence-corrected chi connectivity index (χ3v) is 6.69. The van der Waals surface area contributed by atoms with Crippen LogP contribution in [-0.2, 0) is 28.6 Å². The Morgan fingerprint density at radius 2 is 1.60 bits per heavy atom. The van der Waals surface area contributed by atoms with Gasteiger partial charge in [-0.2, -0.15) is 0 Å². The number of ether oxygens (including phenoxy) is 5. The van der Waals surface area contributed by atoms with Crippen molar-refractivity contribution in [2.24, 2.45) is 0 Å². The summed E-state index contributed by atoms with van der Waals surface area (Å²) < 4.78 is 27.8. The lowest BCUT2D eigenvalue weighted by molar-refractivity contribution is -0.294. The molecular weight excluding hydrogens is 580 g/mol. The van der Waals surface area contributed by atoms with E-state index in [-0.39, 0.29) is 39.7 Å². The first-order chi connectivity index (χ1) is 20.3. The standard InChI is InChI=1S/C27H24O16/c28-10-4-14-20-11(6-16(40-14)26(37)38)25(24(41-15(20)5-10)9-1-2-12(29)13(30)3-9)43-27-23(36)22(35)21(34)17(42-27)8-39-19(33)7-18(31)32/h1-6,17,21-24,27-30,34-36H,7-8H2,(H,31,32)(H,37,38). The number of phenols is 3. The fraction of sp³-hybridized carbons (Fsp3) is 0.296. The molecule has 0 radical (unpaired) electrons. The summed E-state index contributed by atoms with van der Waals surface area (Å²) in [6, 6.07) is 5.91.